The molecule has 0 spiro atoms. The normalized spacial score (nSPS) is 14.6. The summed E-state index contributed by atoms with van der Waals surface area (Å²) in [6.07, 6.45) is 0.350. The number of fused-ring (bicyclic) bond motifs is 1. The van der Waals surface area contributed by atoms with Crippen molar-refractivity contribution in [1.29, 1.82) is 0 Å². The van der Waals surface area contributed by atoms with Crippen LogP contribution in [0.15, 0.2) is 30.3 Å². The molecule has 2 aromatic carbocycles. The van der Waals surface area contributed by atoms with Gasteiger partial charge in [0.2, 0.25) is 5.91 Å². The van der Waals surface area contributed by atoms with Gasteiger partial charge < -0.3 is 10.6 Å². The van der Waals surface area contributed by atoms with Crippen LogP contribution in [0.5, 0.6) is 0 Å². The minimum absolute atomic E-state index is 0.135. The van der Waals surface area contributed by atoms with Gasteiger partial charge in [-0.3, -0.25) is 4.79 Å². The number of amides is 1. The third-order valence-corrected chi connectivity index (χ3v) is 5.36. The molecule has 3 nitrogen and oxygen atoms in total. The zero-order chi connectivity index (χ0) is 17.4. The van der Waals surface area contributed by atoms with Crippen LogP contribution in [0.1, 0.15) is 16.7 Å². The molecule has 0 bridgehead atoms. The molecule has 24 heavy (non-hydrogen) atoms. The third kappa shape index (κ3) is 3.66. The summed E-state index contributed by atoms with van der Waals surface area (Å²) in [6, 6.07) is 8.09. The highest BCUT2D eigenvalue weighted by Gasteiger charge is 2.28. The molecule has 3 rings (SSSR count). The molecular weight excluding hydrogens is 390 g/mol. The van der Waals surface area contributed by atoms with Crippen LogP contribution in [0.4, 0.5) is 0 Å². The standard InChI is InChI=1S/C17H14Cl4N2O/c18-12-2-1-9(13(19)6-12)5-16(22)17(24)23-7-10-3-14(20)15(21)4-11(10)8-23/h1-4,6,16H,5,7-8,22H2. The van der Waals surface area contributed by atoms with Crippen molar-refractivity contribution in [3.05, 3.63) is 67.1 Å². The van der Waals surface area contributed by atoms with Crippen molar-refractivity contribution in [2.45, 2.75) is 25.6 Å². The lowest BCUT2D eigenvalue weighted by Crippen LogP contribution is -2.42. The highest BCUT2D eigenvalue weighted by atomic mass is 35.5. The van der Waals surface area contributed by atoms with Gasteiger partial charge >= 0.3 is 0 Å². The van der Waals surface area contributed by atoms with Gasteiger partial charge in [0.1, 0.15) is 0 Å². The van der Waals surface area contributed by atoms with E-state index >= 15 is 0 Å². The quantitative estimate of drug-likeness (QED) is 0.806. The lowest BCUT2D eigenvalue weighted by atomic mass is 10.1. The molecule has 1 heterocycles. The molecule has 1 unspecified atom stereocenters. The molecular formula is C17H14Cl4N2O. The lowest BCUT2D eigenvalue weighted by molar-refractivity contribution is -0.133. The molecule has 0 radical (unpaired) electrons. The molecule has 1 aliphatic rings. The van der Waals surface area contributed by atoms with Gasteiger partial charge in [-0.2, -0.15) is 0 Å². The average Bonchev–Trinajstić information content (AvgIpc) is 2.92. The lowest BCUT2D eigenvalue weighted by Gasteiger charge is -2.20. The van der Waals surface area contributed by atoms with E-state index in [4.69, 9.17) is 52.1 Å². The van der Waals surface area contributed by atoms with Crippen molar-refractivity contribution in [3.8, 4) is 0 Å². The van der Waals surface area contributed by atoms with Crippen molar-refractivity contribution in [1.82, 2.24) is 4.90 Å². The molecule has 1 atom stereocenters. The summed E-state index contributed by atoms with van der Waals surface area (Å²) in [7, 11) is 0. The number of hydrogen-bond donors (Lipinski definition) is 1. The van der Waals surface area contributed by atoms with Crippen molar-refractivity contribution < 1.29 is 4.79 Å². The molecule has 1 amide bonds. The van der Waals surface area contributed by atoms with Gasteiger partial charge in [0.15, 0.2) is 0 Å². The predicted molar refractivity (Wildman–Crippen MR) is 98.9 cm³/mol. The number of hydrogen-bond acceptors (Lipinski definition) is 2. The number of carbonyl (C=O) groups is 1. The Morgan fingerprint density at radius 3 is 2.12 bits per heavy atom. The smallest absolute Gasteiger partial charge is 0.240 e. The summed E-state index contributed by atoms with van der Waals surface area (Å²) >= 11 is 24.1. The highest BCUT2D eigenvalue weighted by molar-refractivity contribution is 6.42. The zero-order valence-electron chi connectivity index (χ0n) is 12.5. The summed E-state index contributed by atoms with van der Waals surface area (Å²) in [6.45, 7) is 0.959. The molecule has 0 aliphatic carbocycles. The molecule has 0 saturated carbocycles. The second-order valence-electron chi connectivity index (χ2n) is 5.78. The maximum absolute atomic E-state index is 12.6. The first-order chi connectivity index (χ1) is 11.3. The second kappa shape index (κ2) is 7.11. The van der Waals surface area contributed by atoms with E-state index in [0.717, 1.165) is 16.7 Å². The van der Waals surface area contributed by atoms with Gasteiger partial charge in [-0.1, -0.05) is 52.5 Å². The molecule has 2 N–H and O–H groups in total. The van der Waals surface area contributed by atoms with Crippen LogP contribution >= 0.6 is 46.4 Å². The topological polar surface area (TPSA) is 46.3 Å². The maximum Gasteiger partial charge on any atom is 0.240 e. The number of rotatable bonds is 3. The van der Waals surface area contributed by atoms with E-state index in [2.05, 4.69) is 0 Å². The van der Waals surface area contributed by atoms with E-state index in [1.54, 1.807) is 35.2 Å². The summed E-state index contributed by atoms with van der Waals surface area (Å²) < 4.78 is 0. The van der Waals surface area contributed by atoms with Crippen LogP contribution < -0.4 is 5.73 Å². The number of benzene rings is 2. The highest BCUT2D eigenvalue weighted by Crippen LogP contribution is 2.32. The molecule has 126 valence electrons. The summed E-state index contributed by atoms with van der Waals surface area (Å²) in [5.74, 6) is -0.135. The van der Waals surface area contributed by atoms with Crippen molar-refractivity contribution in [3.63, 3.8) is 0 Å². The Kier molecular flexibility index (Phi) is 5.28. The van der Waals surface area contributed by atoms with Crippen LogP contribution in [-0.4, -0.2) is 16.8 Å². The Hall–Kier alpha value is -0.970. The number of nitrogens with zero attached hydrogens (tertiary/aromatic N) is 1. The van der Waals surface area contributed by atoms with Gasteiger partial charge in [-0.05, 0) is 47.4 Å². The molecule has 0 saturated heterocycles. The largest absolute Gasteiger partial charge is 0.333 e. The Labute approximate surface area is 160 Å². The maximum atomic E-state index is 12.6. The van der Waals surface area contributed by atoms with E-state index in [9.17, 15) is 4.79 Å². The van der Waals surface area contributed by atoms with Gasteiger partial charge in [0, 0.05) is 23.1 Å². The second-order valence-corrected chi connectivity index (χ2v) is 7.43. The molecule has 1 aliphatic heterocycles. The van der Waals surface area contributed by atoms with Gasteiger partial charge in [-0.15, -0.1) is 0 Å². The van der Waals surface area contributed by atoms with Gasteiger partial charge in [0.25, 0.3) is 0 Å². The number of halogens is 4. The van der Waals surface area contributed by atoms with Gasteiger partial charge in [0.05, 0.1) is 16.1 Å². The Morgan fingerprint density at radius 1 is 1.00 bits per heavy atom. The van der Waals surface area contributed by atoms with Crippen molar-refractivity contribution in [2.75, 3.05) is 0 Å². The van der Waals surface area contributed by atoms with E-state index in [1.807, 2.05) is 0 Å². The SMILES string of the molecule is NC(Cc1ccc(Cl)cc1Cl)C(=O)N1Cc2cc(Cl)c(Cl)cc2C1. The average molecular weight is 404 g/mol. The van der Waals surface area contributed by atoms with Crippen LogP contribution in [-0.2, 0) is 24.3 Å². The summed E-state index contributed by atoms with van der Waals surface area (Å²) in [5.41, 5.74) is 8.88. The molecule has 7 heteroatoms. The minimum atomic E-state index is -0.677. The summed E-state index contributed by atoms with van der Waals surface area (Å²) in [4.78, 5) is 14.3. The van der Waals surface area contributed by atoms with E-state index in [0.29, 0.717) is 39.6 Å². The first-order valence-electron chi connectivity index (χ1n) is 7.30. The van der Waals surface area contributed by atoms with E-state index < -0.39 is 6.04 Å². The Morgan fingerprint density at radius 2 is 1.58 bits per heavy atom. The molecule has 2 aromatic rings. The first-order valence-corrected chi connectivity index (χ1v) is 8.81. The van der Waals surface area contributed by atoms with Crippen molar-refractivity contribution >= 4 is 52.3 Å². The fraction of sp³-hybridized carbons (Fsp3) is 0.235. The van der Waals surface area contributed by atoms with Crippen LogP contribution in [0.2, 0.25) is 20.1 Å². The molecule has 0 aromatic heterocycles. The van der Waals surface area contributed by atoms with E-state index in [1.165, 1.54) is 0 Å². The van der Waals surface area contributed by atoms with Crippen molar-refractivity contribution in [2.24, 2.45) is 5.73 Å². The van der Waals surface area contributed by atoms with Crippen LogP contribution in [0.25, 0.3) is 0 Å². The fourth-order valence-electron chi connectivity index (χ4n) is 2.79. The predicted octanol–water partition coefficient (Wildman–Crippen LogP) is 4.71. The zero-order valence-corrected chi connectivity index (χ0v) is 15.6. The fourth-order valence-corrected chi connectivity index (χ4v) is 3.65. The van der Waals surface area contributed by atoms with E-state index in [-0.39, 0.29) is 5.91 Å². The molecule has 0 fully saturated rings. The third-order valence-electron chi connectivity index (χ3n) is 4.05. The summed E-state index contributed by atoms with van der Waals surface area (Å²) in [5, 5.41) is 2.03. The number of nitrogens with two attached hydrogens (primary N) is 1. The Balaban J connectivity index is 1.71. The number of carbonyl (C=O) groups excluding carboxylic acids is 1. The van der Waals surface area contributed by atoms with Gasteiger partial charge in [-0.25, -0.2) is 0 Å². The first kappa shape index (κ1) is 17.8. The minimum Gasteiger partial charge on any atom is -0.333 e. The van der Waals surface area contributed by atoms with Crippen LogP contribution in [0.3, 0.4) is 0 Å². The van der Waals surface area contributed by atoms with Crippen LogP contribution in [0, 0.1) is 0 Å². The monoisotopic (exact) mass is 402 g/mol. The Bertz CT molecular complexity index is 778.